The van der Waals surface area contributed by atoms with E-state index in [0.29, 0.717) is 45.6 Å². The van der Waals surface area contributed by atoms with E-state index in [1.165, 1.54) is 0 Å². The lowest BCUT2D eigenvalue weighted by molar-refractivity contribution is 0.0145. The fraction of sp³-hybridized carbons (Fsp3) is 0.938. The molecule has 0 radical (unpaired) electrons. The third-order valence-electron chi connectivity index (χ3n) is 2.62. The fourth-order valence-electron chi connectivity index (χ4n) is 1.59. The van der Waals surface area contributed by atoms with Gasteiger partial charge in [0.25, 0.3) is 0 Å². The van der Waals surface area contributed by atoms with Crippen molar-refractivity contribution in [2.45, 2.75) is 46.3 Å². The lowest BCUT2D eigenvalue weighted by atomic mass is 10.3. The Morgan fingerprint density at radius 2 is 1.39 bits per heavy atom. The van der Waals surface area contributed by atoms with Crippen LogP contribution in [-0.2, 0) is 18.9 Å². The van der Waals surface area contributed by atoms with Crippen LogP contribution in [0.15, 0.2) is 0 Å². The molecule has 0 fully saturated rings. The molecule has 0 saturated heterocycles. The number of ether oxygens (including phenoxy) is 4. The lowest BCUT2D eigenvalue weighted by Crippen LogP contribution is -2.30. The van der Waals surface area contributed by atoms with Gasteiger partial charge in [-0.1, -0.05) is 13.8 Å². The minimum Gasteiger partial charge on any atom is -0.447 e. The number of rotatable bonds is 15. The standard InChI is InChI=1S/C16H34N2O5/c1-14(2)17-6-5-8-20-10-12-22-13-11-21-9-7-18-16(19)23-15(3)4/h14-15,17H,5-13H2,1-4H3,(H,18,19). The zero-order chi connectivity index (χ0) is 17.3. The number of amides is 1. The van der Waals surface area contributed by atoms with E-state index in [1.54, 1.807) is 13.8 Å². The maximum atomic E-state index is 11.2. The van der Waals surface area contributed by atoms with Crippen molar-refractivity contribution in [1.29, 1.82) is 0 Å². The molecule has 0 spiro atoms. The van der Waals surface area contributed by atoms with E-state index in [1.807, 2.05) is 0 Å². The highest BCUT2D eigenvalue weighted by Gasteiger charge is 2.02. The minimum atomic E-state index is -0.416. The molecule has 0 aliphatic heterocycles. The van der Waals surface area contributed by atoms with Crippen LogP contribution in [0.2, 0.25) is 0 Å². The van der Waals surface area contributed by atoms with Crippen LogP contribution in [0.5, 0.6) is 0 Å². The van der Waals surface area contributed by atoms with Crippen LogP contribution in [0.1, 0.15) is 34.1 Å². The molecule has 0 aromatic carbocycles. The number of hydrogen-bond acceptors (Lipinski definition) is 6. The van der Waals surface area contributed by atoms with Crippen LogP contribution >= 0.6 is 0 Å². The van der Waals surface area contributed by atoms with Crippen LogP contribution in [0.25, 0.3) is 0 Å². The first kappa shape index (κ1) is 22.1. The average molecular weight is 334 g/mol. The van der Waals surface area contributed by atoms with E-state index in [9.17, 15) is 4.79 Å². The van der Waals surface area contributed by atoms with Crippen LogP contribution in [-0.4, -0.2) is 71.0 Å². The Balaban J connectivity index is 3.09. The topological polar surface area (TPSA) is 78.0 Å². The summed E-state index contributed by atoms with van der Waals surface area (Å²) >= 11 is 0. The molecule has 0 aliphatic carbocycles. The van der Waals surface area contributed by atoms with E-state index in [0.717, 1.165) is 19.6 Å². The van der Waals surface area contributed by atoms with Crippen LogP contribution in [0.4, 0.5) is 4.79 Å². The molecular formula is C16H34N2O5. The van der Waals surface area contributed by atoms with Crippen molar-refractivity contribution in [3.8, 4) is 0 Å². The van der Waals surface area contributed by atoms with Crippen molar-refractivity contribution in [3.05, 3.63) is 0 Å². The van der Waals surface area contributed by atoms with E-state index < -0.39 is 6.09 Å². The number of carbonyl (C=O) groups is 1. The third-order valence-corrected chi connectivity index (χ3v) is 2.62. The van der Waals surface area contributed by atoms with Crippen LogP contribution < -0.4 is 10.6 Å². The van der Waals surface area contributed by atoms with Crippen LogP contribution in [0, 0.1) is 0 Å². The molecule has 2 N–H and O–H groups in total. The molecule has 0 bridgehead atoms. The van der Waals surface area contributed by atoms with Gasteiger partial charge in [0.1, 0.15) is 0 Å². The van der Waals surface area contributed by atoms with Crippen molar-refractivity contribution >= 4 is 6.09 Å². The van der Waals surface area contributed by atoms with Crippen LogP contribution in [0.3, 0.4) is 0 Å². The molecule has 7 heteroatoms. The highest BCUT2D eigenvalue weighted by atomic mass is 16.6. The summed E-state index contributed by atoms with van der Waals surface area (Å²) in [5.41, 5.74) is 0. The van der Waals surface area contributed by atoms with Gasteiger partial charge in [-0.15, -0.1) is 0 Å². The van der Waals surface area contributed by atoms with Gasteiger partial charge in [0.2, 0.25) is 0 Å². The summed E-state index contributed by atoms with van der Waals surface area (Å²) < 4.78 is 21.1. The van der Waals surface area contributed by atoms with Gasteiger partial charge in [-0.3, -0.25) is 0 Å². The SMILES string of the molecule is CC(C)NCCCOCCOCCOCCNC(=O)OC(C)C. The summed E-state index contributed by atoms with van der Waals surface area (Å²) in [4.78, 5) is 11.2. The molecular weight excluding hydrogens is 300 g/mol. The van der Waals surface area contributed by atoms with E-state index >= 15 is 0 Å². The van der Waals surface area contributed by atoms with Gasteiger partial charge < -0.3 is 29.6 Å². The number of alkyl carbamates (subject to hydrolysis) is 1. The monoisotopic (exact) mass is 334 g/mol. The maximum absolute atomic E-state index is 11.2. The molecule has 0 unspecified atom stereocenters. The van der Waals surface area contributed by atoms with Crippen molar-refractivity contribution in [3.63, 3.8) is 0 Å². The van der Waals surface area contributed by atoms with Crippen molar-refractivity contribution < 1.29 is 23.7 Å². The minimum absolute atomic E-state index is 0.113. The Morgan fingerprint density at radius 3 is 1.96 bits per heavy atom. The Kier molecular flexibility index (Phi) is 15.4. The van der Waals surface area contributed by atoms with Gasteiger partial charge >= 0.3 is 6.09 Å². The molecule has 23 heavy (non-hydrogen) atoms. The summed E-state index contributed by atoms with van der Waals surface area (Å²) in [6.45, 7) is 12.7. The maximum Gasteiger partial charge on any atom is 0.407 e. The zero-order valence-corrected chi connectivity index (χ0v) is 15.1. The Labute approximate surface area is 140 Å². The van der Waals surface area contributed by atoms with Gasteiger partial charge in [-0.25, -0.2) is 4.79 Å². The second kappa shape index (κ2) is 16.0. The first-order valence-electron chi connectivity index (χ1n) is 8.43. The summed E-state index contributed by atoms with van der Waals surface area (Å²) in [5.74, 6) is 0. The largest absolute Gasteiger partial charge is 0.447 e. The second-order valence-corrected chi connectivity index (χ2v) is 5.68. The number of hydrogen-bond donors (Lipinski definition) is 2. The van der Waals surface area contributed by atoms with Gasteiger partial charge in [0.15, 0.2) is 0 Å². The summed E-state index contributed by atoms with van der Waals surface area (Å²) in [6, 6.07) is 0.523. The van der Waals surface area contributed by atoms with E-state index in [-0.39, 0.29) is 6.10 Å². The summed E-state index contributed by atoms with van der Waals surface area (Å²) in [5, 5.41) is 5.94. The predicted octanol–water partition coefficient (Wildman–Crippen LogP) is 1.56. The Hall–Kier alpha value is -0.890. The second-order valence-electron chi connectivity index (χ2n) is 5.68. The smallest absolute Gasteiger partial charge is 0.407 e. The van der Waals surface area contributed by atoms with E-state index in [4.69, 9.17) is 18.9 Å². The molecule has 0 atom stereocenters. The number of carbonyl (C=O) groups excluding carboxylic acids is 1. The lowest BCUT2D eigenvalue weighted by Gasteiger charge is -2.10. The van der Waals surface area contributed by atoms with Gasteiger partial charge in [0.05, 0.1) is 39.1 Å². The first-order chi connectivity index (χ1) is 11.0. The van der Waals surface area contributed by atoms with Crippen molar-refractivity contribution in [2.75, 3.05) is 52.7 Å². The molecule has 1 amide bonds. The third kappa shape index (κ3) is 19.1. The molecule has 0 aromatic heterocycles. The normalized spacial score (nSPS) is 11.2. The Morgan fingerprint density at radius 1 is 0.826 bits per heavy atom. The Bertz CT molecular complexity index is 275. The fourth-order valence-corrected chi connectivity index (χ4v) is 1.59. The highest BCUT2D eigenvalue weighted by molar-refractivity contribution is 5.67. The first-order valence-corrected chi connectivity index (χ1v) is 8.43. The van der Waals surface area contributed by atoms with Gasteiger partial charge in [-0.05, 0) is 26.8 Å². The molecule has 7 nitrogen and oxygen atoms in total. The van der Waals surface area contributed by atoms with Gasteiger partial charge in [0, 0.05) is 19.2 Å². The average Bonchev–Trinajstić information content (AvgIpc) is 2.46. The molecule has 0 rings (SSSR count). The molecule has 0 heterocycles. The zero-order valence-electron chi connectivity index (χ0n) is 15.1. The van der Waals surface area contributed by atoms with Crippen molar-refractivity contribution in [1.82, 2.24) is 10.6 Å². The quantitative estimate of drug-likeness (QED) is 0.443. The van der Waals surface area contributed by atoms with Gasteiger partial charge in [-0.2, -0.15) is 0 Å². The molecule has 0 aromatic rings. The molecule has 138 valence electrons. The molecule has 0 saturated carbocycles. The van der Waals surface area contributed by atoms with E-state index in [2.05, 4.69) is 24.5 Å². The van der Waals surface area contributed by atoms with Crippen molar-refractivity contribution in [2.24, 2.45) is 0 Å². The molecule has 0 aliphatic rings. The summed E-state index contributed by atoms with van der Waals surface area (Å²) in [6.07, 6.45) is 0.478. The highest BCUT2D eigenvalue weighted by Crippen LogP contribution is 1.88. The summed E-state index contributed by atoms with van der Waals surface area (Å²) in [7, 11) is 0. The number of nitrogens with one attached hydrogen (secondary N) is 2. The predicted molar refractivity (Wildman–Crippen MR) is 89.8 cm³/mol.